The van der Waals surface area contributed by atoms with Crippen molar-refractivity contribution in [1.29, 1.82) is 0 Å². The SMILES string of the molecule is O=C(O)[C@@H]1CC(=O)N(c2ccon2)C1. The Morgan fingerprint density at radius 1 is 1.71 bits per heavy atom. The molecule has 1 saturated heterocycles. The molecule has 0 unspecified atom stereocenters. The standard InChI is InChI=1S/C8H8N2O4/c11-7-3-5(8(12)13)4-10(7)6-1-2-14-9-6/h1-2,5H,3-4H2,(H,12,13)/t5-/m1/s1. The first kappa shape index (κ1) is 8.74. The molecule has 1 atom stereocenters. The van der Waals surface area contributed by atoms with Crippen molar-refractivity contribution in [2.24, 2.45) is 5.92 Å². The molecule has 0 aliphatic carbocycles. The van der Waals surface area contributed by atoms with Crippen LogP contribution in [0.3, 0.4) is 0 Å². The van der Waals surface area contributed by atoms with Gasteiger partial charge in [0.15, 0.2) is 5.82 Å². The van der Waals surface area contributed by atoms with Crippen LogP contribution in [0.4, 0.5) is 5.82 Å². The van der Waals surface area contributed by atoms with Gasteiger partial charge in [-0.1, -0.05) is 5.16 Å². The van der Waals surface area contributed by atoms with E-state index in [2.05, 4.69) is 9.68 Å². The highest BCUT2D eigenvalue weighted by Gasteiger charge is 2.36. The average Bonchev–Trinajstić information content (AvgIpc) is 2.71. The number of hydrogen-bond donors (Lipinski definition) is 1. The van der Waals surface area contributed by atoms with Crippen LogP contribution in [0.1, 0.15) is 6.42 Å². The fourth-order valence-electron chi connectivity index (χ4n) is 1.44. The zero-order valence-corrected chi connectivity index (χ0v) is 7.21. The first-order chi connectivity index (χ1) is 6.68. The molecule has 74 valence electrons. The summed E-state index contributed by atoms with van der Waals surface area (Å²) in [6, 6.07) is 1.53. The Kier molecular flexibility index (Phi) is 1.95. The first-order valence-corrected chi connectivity index (χ1v) is 4.12. The molecule has 1 fully saturated rings. The minimum absolute atomic E-state index is 0.0300. The van der Waals surface area contributed by atoms with Crippen molar-refractivity contribution in [2.75, 3.05) is 11.4 Å². The van der Waals surface area contributed by atoms with Gasteiger partial charge in [0, 0.05) is 19.0 Å². The molecule has 0 saturated carbocycles. The summed E-state index contributed by atoms with van der Waals surface area (Å²) in [5.74, 6) is -1.45. The van der Waals surface area contributed by atoms with Gasteiger partial charge in [0.2, 0.25) is 5.91 Å². The molecule has 0 radical (unpaired) electrons. The molecule has 0 spiro atoms. The summed E-state index contributed by atoms with van der Waals surface area (Å²) in [6.45, 7) is 0.167. The number of aliphatic carboxylic acids is 1. The van der Waals surface area contributed by atoms with Crippen LogP contribution in [0.5, 0.6) is 0 Å². The molecular formula is C8H8N2O4. The number of amides is 1. The van der Waals surface area contributed by atoms with Crippen LogP contribution in [0.2, 0.25) is 0 Å². The van der Waals surface area contributed by atoms with E-state index in [9.17, 15) is 9.59 Å². The van der Waals surface area contributed by atoms with Gasteiger partial charge >= 0.3 is 5.97 Å². The lowest BCUT2D eigenvalue weighted by molar-refractivity contribution is -0.141. The van der Waals surface area contributed by atoms with Crippen LogP contribution >= 0.6 is 0 Å². The van der Waals surface area contributed by atoms with Crippen molar-refractivity contribution in [3.8, 4) is 0 Å². The number of anilines is 1. The minimum atomic E-state index is -0.954. The highest BCUT2D eigenvalue weighted by molar-refractivity contribution is 5.98. The van der Waals surface area contributed by atoms with Gasteiger partial charge in [0.1, 0.15) is 6.26 Å². The molecule has 1 aromatic heterocycles. The summed E-state index contributed by atoms with van der Waals surface area (Å²) in [5, 5.41) is 12.3. The van der Waals surface area contributed by atoms with Crippen molar-refractivity contribution in [3.05, 3.63) is 12.3 Å². The first-order valence-electron chi connectivity index (χ1n) is 4.12. The lowest BCUT2D eigenvalue weighted by Gasteiger charge is -2.10. The molecule has 6 nitrogen and oxygen atoms in total. The summed E-state index contributed by atoms with van der Waals surface area (Å²) in [7, 11) is 0. The van der Waals surface area contributed by atoms with E-state index in [0.717, 1.165) is 0 Å². The molecule has 1 aliphatic heterocycles. The fraction of sp³-hybridized carbons (Fsp3) is 0.375. The average molecular weight is 196 g/mol. The van der Waals surface area contributed by atoms with E-state index in [1.165, 1.54) is 17.2 Å². The van der Waals surface area contributed by atoms with Gasteiger partial charge in [0.25, 0.3) is 0 Å². The number of carbonyl (C=O) groups excluding carboxylic acids is 1. The number of hydrogen-bond acceptors (Lipinski definition) is 4. The maximum absolute atomic E-state index is 11.4. The Morgan fingerprint density at radius 3 is 3.00 bits per heavy atom. The largest absolute Gasteiger partial charge is 0.481 e. The number of rotatable bonds is 2. The van der Waals surface area contributed by atoms with E-state index in [1.807, 2.05) is 0 Å². The molecule has 1 N–H and O–H groups in total. The van der Waals surface area contributed by atoms with Gasteiger partial charge in [-0.15, -0.1) is 0 Å². The van der Waals surface area contributed by atoms with Crippen molar-refractivity contribution < 1.29 is 19.2 Å². The van der Waals surface area contributed by atoms with Crippen LogP contribution in [-0.4, -0.2) is 28.7 Å². The zero-order valence-electron chi connectivity index (χ0n) is 7.21. The lowest BCUT2D eigenvalue weighted by Crippen LogP contribution is -2.25. The summed E-state index contributed by atoms with van der Waals surface area (Å²) < 4.78 is 4.58. The van der Waals surface area contributed by atoms with E-state index >= 15 is 0 Å². The minimum Gasteiger partial charge on any atom is -0.481 e. The third kappa shape index (κ3) is 1.34. The molecule has 0 bridgehead atoms. The van der Waals surface area contributed by atoms with Crippen LogP contribution in [0.15, 0.2) is 16.9 Å². The van der Waals surface area contributed by atoms with E-state index in [0.29, 0.717) is 5.82 Å². The Balaban J connectivity index is 2.16. The quantitative estimate of drug-likeness (QED) is 0.725. The van der Waals surface area contributed by atoms with Crippen molar-refractivity contribution >= 4 is 17.7 Å². The fourth-order valence-corrected chi connectivity index (χ4v) is 1.44. The Hall–Kier alpha value is -1.85. The Labute approximate surface area is 79.1 Å². The zero-order chi connectivity index (χ0) is 10.1. The maximum Gasteiger partial charge on any atom is 0.308 e. The monoisotopic (exact) mass is 196 g/mol. The van der Waals surface area contributed by atoms with Crippen molar-refractivity contribution in [2.45, 2.75) is 6.42 Å². The topological polar surface area (TPSA) is 83.6 Å². The second kappa shape index (κ2) is 3.13. The summed E-state index contributed by atoms with van der Waals surface area (Å²) >= 11 is 0. The number of carboxylic acids is 1. The predicted octanol–water partition coefficient (Wildman–Crippen LogP) is 0.112. The van der Waals surface area contributed by atoms with Gasteiger partial charge in [-0.25, -0.2) is 0 Å². The van der Waals surface area contributed by atoms with Gasteiger partial charge in [-0.05, 0) is 0 Å². The van der Waals surface area contributed by atoms with Crippen LogP contribution in [0, 0.1) is 5.92 Å². The summed E-state index contributed by atoms with van der Waals surface area (Å²) in [6.07, 6.45) is 1.37. The molecule has 6 heteroatoms. The molecule has 14 heavy (non-hydrogen) atoms. The van der Waals surface area contributed by atoms with Crippen molar-refractivity contribution in [3.63, 3.8) is 0 Å². The highest BCUT2D eigenvalue weighted by atomic mass is 16.5. The predicted molar refractivity (Wildman–Crippen MR) is 44.6 cm³/mol. The van der Waals surface area contributed by atoms with E-state index in [-0.39, 0.29) is 18.9 Å². The summed E-state index contributed by atoms with van der Waals surface area (Å²) in [4.78, 5) is 23.3. The van der Waals surface area contributed by atoms with Gasteiger partial charge in [0.05, 0.1) is 5.92 Å². The molecule has 0 aromatic carbocycles. The van der Waals surface area contributed by atoms with E-state index in [4.69, 9.17) is 5.11 Å². The molecular weight excluding hydrogens is 188 g/mol. The maximum atomic E-state index is 11.4. The normalized spacial score (nSPS) is 21.6. The van der Waals surface area contributed by atoms with Gasteiger partial charge in [-0.2, -0.15) is 0 Å². The lowest BCUT2D eigenvalue weighted by atomic mass is 10.1. The third-order valence-corrected chi connectivity index (χ3v) is 2.18. The molecule has 1 aromatic rings. The second-order valence-electron chi connectivity index (χ2n) is 3.10. The van der Waals surface area contributed by atoms with Crippen LogP contribution < -0.4 is 4.90 Å². The molecule has 2 heterocycles. The number of nitrogens with zero attached hydrogens (tertiary/aromatic N) is 2. The number of aromatic nitrogens is 1. The third-order valence-electron chi connectivity index (χ3n) is 2.18. The van der Waals surface area contributed by atoms with Crippen molar-refractivity contribution in [1.82, 2.24) is 5.16 Å². The summed E-state index contributed by atoms with van der Waals surface area (Å²) in [5.41, 5.74) is 0. The van der Waals surface area contributed by atoms with Crippen LogP contribution in [-0.2, 0) is 9.59 Å². The van der Waals surface area contributed by atoms with E-state index in [1.54, 1.807) is 0 Å². The number of carbonyl (C=O) groups is 2. The Morgan fingerprint density at radius 2 is 2.50 bits per heavy atom. The van der Waals surface area contributed by atoms with Crippen LogP contribution in [0.25, 0.3) is 0 Å². The second-order valence-corrected chi connectivity index (χ2v) is 3.10. The number of carboxylic acid groups (broad SMARTS) is 1. The van der Waals surface area contributed by atoms with Gasteiger partial charge in [-0.3, -0.25) is 14.5 Å². The molecule has 1 amide bonds. The molecule has 2 rings (SSSR count). The molecule has 1 aliphatic rings. The van der Waals surface area contributed by atoms with Gasteiger partial charge < -0.3 is 9.63 Å². The smallest absolute Gasteiger partial charge is 0.308 e. The van der Waals surface area contributed by atoms with E-state index < -0.39 is 11.9 Å². The Bertz CT molecular complexity index is 359. The highest BCUT2D eigenvalue weighted by Crippen LogP contribution is 2.23.